The molecule has 0 radical (unpaired) electrons. The Morgan fingerprint density at radius 3 is 3.00 bits per heavy atom. The number of likely N-dealkylation sites (tertiary alicyclic amines) is 1. The summed E-state index contributed by atoms with van der Waals surface area (Å²) in [7, 11) is 0. The first-order chi connectivity index (χ1) is 12.1. The van der Waals surface area contributed by atoms with Crippen molar-refractivity contribution in [2.24, 2.45) is 0 Å². The predicted octanol–water partition coefficient (Wildman–Crippen LogP) is 2.67. The van der Waals surface area contributed by atoms with Crippen LogP contribution in [0.25, 0.3) is 15.7 Å². The van der Waals surface area contributed by atoms with Crippen molar-refractivity contribution in [3.05, 3.63) is 33.7 Å². The molecule has 0 aromatic carbocycles. The van der Waals surface area contributed by atoms with Crippen LogP contribution < -0.4 is 5.56 Å². The second kappa shape index (κ2) is 6.29. The van der Waals surface area contributed by atoms with Crippen molar-refractivity contribution in [3.8, 4) is 0 Å². The van der Waals surface area contributed by atoms with E-state index in [-0.39, 0.29) is 24.1 Å². The Labute approximate surface area is 149 Å². The van der Waals surface area contributed by atoms with E-state index in [4.69, 9.17) is 0 Å². The van der Waals surface area contributed by atoms with Crippen LogP contribution in [0.1, 0.15) is 38.9 Å². The number of nitrogens with zero attached hydrogens (tertiary/aromatic N) is 4. The van der Waals surface area contributed by atoms with Gasteiger partial charge in [0, 0.05) is 24.4 Å². The number of thiophene rings is 1. The highest BCUT2D eigenvalue weighted by Gasteiger charge is 2.24. The standard InChI is InChI=1S/C18H22N4O2S/c1-3-15-19-21(11-16(23)20-8-5-4-6-12(20)2)17(24)14-10-13-7-9-25-18(13)22(14)15/h7,9-10,12H,3-6,8,11H2,1-2H3/t12-/m0/s1. The minimum atomic E-state index is -0.196. The van der Waals surface area contributed by atoms with Gasteiger partial charge in [-0.25, -0.2) is 4.68 Å². The van der Waals surface area contributed by atoms with Crippen LogP contribution in [0.2, 0.25) is 0 Å². The number of piperidine rings is 1. The molecule has 6 nitrogen and oxygen atoms in total. The van der Waals surface area contributed by atoms with Crippen LogP contribution in [-0.4, -0.2) is 37.6 Å². The van der Waals surface area contributed by atoms with Gasteiger partial charge in [0.25, 0.3) is 5.56 Å². The Hall–Kier alpha value is -2.15. The molecule has 1 fully saturated rings. The number of rotatable bonds is 3. The zero-order valence-electron chi connectivity index (χ0n) is 14.6. The number of hydrogen-bond donors (Lipinski definition) is 0. The van der Waals surface area contributed by atoms with Gasteiger partial charge in [-0.15, -0.1) is 11.3 Å². The van der Waals surface area contributed by atoms with Crippen molar-refractivity contribution in [2.45, 2.75) is 52.1 Å². The fourth-order valence-electron chi connectivity index (χ4n) is 3.72. The average molecular weight is 358 g/mol. The summed E-state index contributed by atoms with van der Waals surface area (Å²) in [4.78, 5) is 28.5. The summed E-state index contributed by atoms with van der Waals surface area (Å²) in [6.45, 7) is 4.89. The van der Waals surface area contributed by atoms with Gasteiger partial charge >= 0.3 is 0 Å². The van der Waals surface area contributed by atoms with Crippen LogP contribution in [0.5, 0.6) is 0 Å². The molecular weight excluding hydrogens is 336 g/mol. The summed E-state index contributed by atoms with van der Waals surface area (Å²) < 4.78 is 3.29. The molecule has 3 aromatic rings. The second-order valence-corrected chi connectivity index (χ2v) is 7.61. The molecule has 25 heavy (non-hydrogen) atoms. The highest BCUT2D eigenvalue weighted by Crippen LogP contribution is 2.25. The number of fused-ring (bicyclic) bond motifs is 3. The third-order valence-corrected chi connectivity index (χ3v) is 6.00. The third-order valence-electron chi connectivity index (χ3n) is 5.08. The maximum absolute atomic E-state index is 12.9. The molecule has 1 amide bonds. The SMILES string of the molecule is CCc1nn(CC(=O)N2CCCC[C@@H]2C)c(=O)c2cc3ccsc3n12. The quantitative estimate of drug-likeness (QED) is 0.723. The highest BCUT2D eigenvalue weighted by atomic mass is 32.1. The molecule has 0 aliphatic carbocycles. The van der Waals surface area contributed by atoms with Crippen LogP contribution in [0.15, 0.2) is 22.3 Å². The average Bonchev–Trinajstić information content (AvgIpc) is 3.19. The first kappa shape index (κ1) is 16.3. The van der Waals surface area contributed by atoms with Gasteiger partial charge in [0.1, 0.15) is 22.7 Å². The van der Waals surface area contributed by atoms with Crippen LogP contribution in [0, 0.1) is 0 Å². The Kier molecular flexibility index (Phi) is 4.11. The molecule has 0 spiro atoms. The molecule has 0 N–H and O–H groups in total. The molecule has 4 rings (SSSR count). The van der Waals surface area contributed by atoms with Crippen molar-refractivity contribution in [3.63, 3.8) is 0 Å². The molecule has 1 aliphatic heterocycles. The lowest BCUT2D eigenvalue weighted by Gasteiger charge is -2.33. The number of hydrogen-bond acceptors (Lipinski definition) is 4. The Morgan fingerprint density at radius 2 is 2.24 bits per heavy atom. The summed E-state index contributed by atoms with van der Waals surface area (Å²) in [6.07, 6.45) is 3.93. The normalized spacial score (nSPS) is 18.3. The molecular formula is C18H22N4O2S. The molecule has 132 valence electrons. The van der Waals surface area contributed by atoms with Crippen LogP contribution in [-0.2, 0) is 17.8 Å². The molecule has 7 heteroatoms. The lowest BCUT2D eigenvalue weighted by atomic mass is 10.0. The summed E-state index contributed by atoms with van der Waals surface area (Å²) in [6, 6.07) is 4.15. The van der Waals surface area contributed by atoms with Crippen LogP contribution in [0.3, 0.4) is 0 Å². The minimum Gasteiger partial charge on any atom is -0.338 e. The van der Waals surface area contributed by atoms with Gasteiger partial charge in [0.2, 0.25) is 5.91 Å². The lowest BCUT2D eigenvalue weighted by Crippen LogP contribution is -2.45. The third kappa shape index (κ3) is 2.66. The van der Waals surface area contributed by atoms with Crippen molar-refractivity contribution < 1.29 is 4.79 Å². The van der Waals surface area contributed by atoms with Crippen LogP contribution >= 0.6 is 11.3 Å². The summed E-state index contributed by atoms with van der Waals surface area (Å²) >= 11 is 1.60. The van der Waals surface area contributed by atoms with Gasteiger partial charge in [-0.05, 0) is 43.7 Å². The first-order valence-corrected chi connectivity index (χ1v) is 9.76. The predicted molar refractivity (Wildman–Crippen MR) is 99.2 cm³/mol. The number of amides is 1. The Balaban J connectivity index is 1.76. The van der Waals surface area contributed by atoms with E-state index in [1.165, 1.54) is 4.68 Å². The zero-order chi connectivity index (χ0) is 17.6. The molecule has 1 atom stereocenters. The summed E-state index contributed by atoms with van der Waals surface area (Å²) in [5.74, 6) is 0.799. The highest BCUT2D eigenvalue weighted by molar-refractivity contribution is 7.16. The van der Waals surface area contributed by atoms with Crippen LogP contribution in [0.4, 0.5) is 0 Å². The number of aryl methyl sites for hydroxylation is 1. The molecule has 0 saturated carbocycles. The maximum Gasteiger partial charge on any atom is 0.291 e. The van der Waals surface area contributed by atoms with Gasteiger partial charge in [-0.3, -0.25) is 14.0 Å². The maximum atomic E-state index is 12.9. The molecule has 1 aliphatic rings. The van der Waals surface area contributed by atoms with E-state index in [2.05, 4.69) is 12.0 Å². The van der Waals surface area contributed by atoms with E-state index in [0.29, 0.717) is 11.9 Å². The van der Waals surface area contributed by atoms with Crippen molar-refractivity contribution in [2.75, 3.05) is 6.54 Å². The smallest absolute Gasteiger partial charge is 0.291 e. The van der Waals surface area contributed by atoms with Crippen molar-refractivity contribution in [1.29, 1.82) is 0 Å². The number of carbonyl (C=O) groups excluding carboxylic acids is 1. The number of aromatic nitrogens is 3. The van der Waals surface area contributed by atoms with E-state index in [1.54, 1.807) is 11.3 Å². The van der Waals surface area contributed by atoms with Gasteiger partial charge in [-0.1, -0.05) is 6.92 Å². The lowest BCUT2D eigenvalue weighted by molar-refractivity contribution is -0.135. The number of carbonyl (C=O) groups is 1. The topological polar surface area (TPSA) is 59.6 Å². The molecule has 3 aromatic heterocycles. The molecule has 1 saturated heterocycles. The van der Waals surface area contributed by atoms with E-state index in [1.807, 2.05) is 33.7 Å². The van der Waals surface area contributed by atoms with Crippen molar-refractivity contribution >= 4 is 33.0 Å². The van der Waals surface area contributed by atoms with E-state index < -0.39 is 0 Å². The van der Waals surface area contributed by atoms with E-state index >= 15 is 0 Å². The first-order valence-electron chi connectivity index (χ1n) is 8.88. The summed E-state index contributed by atoms with van der Waals surface area (Å²) in [5, 5.41) is 7.57. The van der Waals surface area contributed by atoms with E-state index in [0.717, 1.165) is 41.8 Å². The summed E-state index contributed by atoms with van der Waals surface area (Å²) in [5.41, 5.74) is 0.409. The fraction of sp³-hybridized carbons (Fsp3) is 0.500. The largest absolute Gasteiger partial charge is 0.338 e. The molecule has 4 heterocycles. The van der Waals surface area contributed by atoms with Crippen molar-refractivity contribution in [1.82, 2.24) is 19.1 Å². The van der Waals surface area contributed by atoms with Gasteiger partial charge in [0.05, 0.1) is 0 Å². The van der Waals surface area contributed by atoms with Gasteiger partial charge < -0.3 is 4.90 Å². The Morgan fingerprint density at radius 1 is 1.40 bits per heavy atom. The van der Waals surface area contributed by atoms with E-state index in [9.17, 15) is 9.59 Å². The molecule has 0 unspecified atom stereocenters. The zero-order valence-corrected chi connectivity index (χ0v) is 15.4. The Bertz CT molecular complexity index is 1000. The second-order valence-electron chi connectivity index (χ2n) is 6.71. The molecule has 0 bridgehead atoms. The fourth-order valence-corrected chi connectivity index (χ4v) is 4.64. The minimum absolute atomic E-state index is 0.0124. The van der Waals surface area contributed by atoms with Gasteiger partial charge in [-0.2, -0.15) is 5.10 Å². The van der Waals surface area contributed by atoms with Gasteiger partial charge in [0.15, 0.2) is 0 Å². The monoisotopic (exact) mass is 358 g/mol.